The number of carbonyl (C=O) groups is 2. The summed E-state index contributed by atoms with van der Waals surface area (Å²) >= 11 is 6.05. The van der Waals surface area contributed by atoms with E-state index in [9.17, 15) is 14.0 Å². The van der Waals surface area contributed by atoms with E-state index in [0.29, 0.717) is 48.9 Å². The molecule has 3 rings (SSSR count). The van der Waals surface area contributed by atoms with E-state index < -0.39 is 5.82 Å². The average molecular weight is 405 g/mol. The molecule has 0 bridgehead atoms. The van der Waals surface area contributed by atoms with Gasteiger partial charge in [-0.05, 0) is 24.3 Å². The third-order valence-electron chi connectivity index (χ3n) is 5.06. The summed E-state index contributed by atoms with van der Waals surface area (Å²) in [4.78, 5) is 29.5. The summed E-state index contributed by atoms with van der Waals surface area (Å²) in [5.41, 5.74) is 1.01. The minimum absolute atomic E-state index is 0.0253. The summed E-state index contributed by atoms with van der Waals surface area (Å²) in [7, 11) is 1.65. The van der Waals surface area contributed by atoms with Crippen LogP contribution in [0.2, 0.25) is 5.02 Å². The van der Waals surface area contributed by atoms with Crippen molar-refractivity contribution in [1.29, 1.82) is 0 Å². The van der Waals surface area contributed by atoms with Gasteiger partial charge in [0.2, 0.25) is 0 Å². The normalized spacial score (nSPS) is 14.8. The van der Waals surface area contributed by atoms with Gasteiger partial charge in [-0.25, -0.2) is 4.39 Å². The van der Waals surface area contributed by atoms with Crippen LogP contribution >= 0.6 is 11.6 Å². The maximum absolute atomic E-state index is 13.9. The second kappa shape index (κ2) is 9.17. The molecule has 1 saturated heterocycles. The fourth-order valence-electron chi connectivity index (χ4n) is 3.32. The van der Waals surface area contributed by atoms with Gasteiger partial charge in [0, 0.05) is 29.7 Å². The molecule has 1 aliphatic rings. The zero-order valence-corrected chi connectivity index (χ0v) is 16.6. The number of hydrogen-bond donors (Lipinski definition) is 1. The molecule has 2 aromatic rings. The van der Waals surface area contributed by atoms with Gasteiger partial charge in [-0.3, -0.25) is 9.59 Å². The number of nitrogens with zero attached hydrogens (tertiary/aromatic N) is 2. The molecule has 148 valence electrons. The van der Waals surface area contributed by atoms with Crippen LogP contribution in [0.5, 0.6) is 0 Å². The van der Waals surface area contributed by atoms with Crippen molar-refractivity contribution < 1.29 is 18.9 Å². The molecular formula is C21H24ClFN3O2+. The van der Waals surface area contributed by atoms with Gasteiger partial charge in [0.1, 0.15) is 5.82 Å². The zero-order chi connectivity index (χ0) is 20.1. The highest BCUT2D eigenvalue weighted by Gasteiger charge is 2.27. The molecule has 1 N–H and O–H groups in total. The first-order valence-electron chi connectivity index (χ1n) is 9.30. The molecule has 28 heavy (non-hydrogen) atoms. The molecule has 7 heteroatoms. The number of quaternary nitrogens is 1. The first-order chi connectivity index (χ1) is 13.5. The predicted octanol–water partition coefficient (Wildman–Crippen LogP) is 1.48. The van der Waals surface area contributed by atoms with Gasteiger partial charge >= 0.3 is 0 Å². The Labute approximate surface area is 169 Å². The first kappa shape index (κ1) is 20.3. The molecule has 0 aromatic heterocycles. The van der Waals surface area contributed by atoms with Crippen LogP contribution in [0.25, 0.3) is 0 Å². The fraction of sp³-hybridized carbons (Fsp3) is 0.333. The topological polar surface area (TPSA) is 45.1 Å². The third kappa shape index (κ3) is 4.88. The van der Waals surface area contributed by atoms with Crippen molar-refractivity contribution in [2.24, 2.45) is 0 Å². The second-order valence-electron chi connectivity index (χ2n) is 7.04. The largest absolute Gasteiger partial charge is 0.336 e. The minimum Gasteiger partial charge on any atom is -0.336 e. The average Bonchev–Trinajstić information content (AvgIpc) is 2.71. The Hall–Kier alpha value is -2.44. The van der Waals surface area contributed by atoms with Gasteiger partial charge in [-0.1, -0.05) is 35.9 Å². The lowest BCUT2D eigenvalue weighted by atomic mass is 10.2. The molecule has 0 spiro atoms. The zero-order valence-electron chi connectivity index (χ0n) is 15.8. The van der Waals surface area contributed by atoms with Gasteiger partial charge in [0.15, 0.2) is 6.54 Å². The van der Waals surface area contributed by atoms with E-state index in [4.69, 9.17) is 11.6 Å². The van der Waals surface area contributed by atoms with Crippen LogP contribution in [0.15, 0.2) is 48.5 Å². The highest BCUT2D eigenvalue weighted by molar-refractivity contribution is 6.31. The molecule has 0 radical (unpaired) electrons. The molecule has 0 aliphatic carbocycles. The minimum atomic E-state index is -0.410. The second-order valence-corrected chi connectivity index (χ2v) is 7.44. The summed E-state index contributed by atoms with van der Waals surface area (Å²) in [5, 5.41) is 0.319. The van der Waals surface area contributed by atoms with Crippen LogP contribution < -0.4 is 4.90 Å². The van der Waals surface area contributed by atoms with Crippen LogP contribution in [0.4, 0.5) is 4.39 Å². The van der Waals surface area contributed by atoms with Crippen molar-refractivity contribution in [3.63, 3.8) is 0 Å². The first-order valence-corrected chi connectivity index (χ1v) is 9.68. The van der Waals surface area contributed by atoms with Gasteiger partial charge in [-0.15, -0.1) is 0 Å². The lowest BCUT2D eigenvalue weighted by molar-refractivity contribution is -0.896. The third-order valence-corrected chi connectivity index (χ3v) is 5.42. The smallest absolute Gasteiger partial charge is 0.277 e. The fourth-order valence-corrected chi connectivity index (χ4v) is 3.55. The molecule has 2 amide bonds. The Kier molecular flexibility index (Phi) is 6.65. The number of hydrogen-bond acceptors (Lipinski definition) is 2. The number of likely N-dealkylation sites (N-methyl/N-ethyl adjacent to an activating group) is 1. The van der Waals surface area contributed by atoms with Crippen molar-refractivity contribution in [2.45, 2.75) is 6.54 Å². The number of halogens is 2. The maximum Gasteiger partial charge on any atom is 0.277 e. The highest BCUT2D eigenvalue weighted by Crippen LogP contribution is 2.20. The van der Waals surface area contributed by atoms with Crippen molar-refractivity contribution in [2.75, 3.05) is 39.8 Å². The Morgan fingerprint density at radius 3 is 2.43 bits per heavy atom. The number of carbonyl (C=O) groups excluding carboxylic acids is 2. The van der Waals surface area contributed by atoms with E-state index in [2.05, 4.69) is 0 Å². The summed E-state index contributed by atoms with van der Waals surface area (Å²) in [6.45, 7) is 3.09. The number of benzene rings is 2. The van der Waals surface area contributed by atoms with E-state index in [1.165, 1.54) is 11.0 Å². The van der Waals surface area contributed by atoms with Gasteiger partial charge in [0.25, 0.3) is 11.8 Å². The summed E-state index contributed by atoms with van der Waals surface area (Å²) < 4.78 is 13.9. The highest BCUT2D eigenvalue weighted by atomic mass is 35.5. The van der Waals surface area contributed by atoms with E-state index >= 15 is 0 Å². The predicted molar refractivity (Wildman–Crippen MR) is 106 cm³/mol. The number of piperazine rings is 1. The van der Waals surface area contributed by atoms with Crippen LogP contribution in [0, 0.1) is 5.82 Å². The van der Waals surface area contributed by atoms with E-state index in [1.54, 1.807) is 19.2 Å². The van der Waals surface area contributed by atoms with Crippen molar-refractivity contribution in [3.8, 4) is 0 Å². The van der Waals surface area contributed by atoms with Crippen LogP contribution in [-0.4, -0.2) is 61.4 Å². The Morgan fingerprint density at radius 2 is 1.79 bits per heavy atom. The van der Waals surface area contributed by atoms with Crippen LogP contribution in [0.3, 0.4) is 0 Å². The molecule has 1 heterocycles. The standard InChI is InChI=1S/C21H23ClFN3O2/c1-24(14-17-18(22)8-5-9-19(17)23)20(27)15-25-10-12-26(13-11-25)21(28)16-6-3-2-4-7-16/h2-9H,10-15H2,1H3/p+1. The Bertz CT molecular complexity index is 819. The molecule has 2 aromatic carbocycles. The summed E-state index contributed by atoms with van der Waals surface area (Å²) in [6, 6.07) is 13.7. The number of rotatable bonds is 5. The monoisotopic (exact) mass is 404 g/mol. The lowest BCUT2D eigenvalue weighted by Gasteiger charge is -2.32. The molecule has 0 unspecified atom stereocenters. The Balaban J connectivity index is 1.50. The molecule has 1 aliphatic heterocycles. The number of amides is 2. The summed E-state index contributed by atoms with van der Waals surface area (Å²) in [6.07, 6.45) is 0. The van der Waals surface area contributed by atoms with Crippen LogP contribution in [0.1, 0.15) is 15.9 Å². The summed E-state index contributed by atoms with van der Waals surface area (Å²) in [5.74, 6) is -0.456. The quantitative estimate of drug-likeness (QED) is 0.820. The Morgan fingerprint density at radius 1 is 1.11 bits per heavy atom. The van der Waals surface area contributed by atoms with Gasteiger partial charge in [0.05, 0.1) is 26.2 Å². The van der Waals surface area contributed by atoms with Gasteiger partial charge < -0.3 is 14.7 Å². The van der Waals surface area contributed by atoms with E-state index in [0.717, 1.165) is 4.90 Å². The van der Waals surface area contributed by atoms with Gasteiger partial charge in [-0.2, -0.15) is 0 Å². The van der Waals surface area contributed by atoms with E-state index in [-0.39, 0.29) is 18.4 Å². The maximum atomic E-state index is 13.9. The molecular weight excluding hydrogens is 381 g/mol. The SMILES string of the molecule is CN(Cc1c(F)cccc1Cl)C(=O)C[NH+]1CCN(C(=O)c2ccccc2)CC1. The molecule has 1 fully saturated rings. The molecule has 5 nitrogen and oxygen atoms in total. The van der Waals surface area contributed by atoms with E-state index in [1.807, 2.05) is 35.2 Å². The van der Waals surface area contributed by atoms with Crippen molar-refractivity contribution >= 4 is 23.4 Å². The molecule has 0 atom stereocenters. The molecule has 0 saturated carbocycles. The van der Waals surface area contributed by atoms with Crippen molar-refractivity contribution in [3.05, 3.63) is 70.5 Å². The van der Waals surface area contributed by atoms with Crippen LogP contribution in [-0.2, 0) is 11.3 Å². The number of nitrogens with one attached hydrogen (secondary N) is 1. The van der Waals surface area contributed by atoms with Crippen molar-refractivity contribution in [1.82, 2.24) is 9.80 Å². The lowest BCUT2D eigenvalue weighted by Crippen LogP contribution is -3.15.